The molecule has 1 unspecified atom stereocenters. The van der Waals surface area contributed by atoms with Crippen LogP contribution in [0.4, 0.5) is 0 Å². The molecule has 0 aliphatic rings. The molecule has 0 radical (unpaired) electrons. The van der Waals surface area contributed by atoms with E-state index in [1.807, 2.05) is 0 Å². The van der Waals surface area contributed by atoms with Crippen molar-refractivity contribution in [2.45, 2.75) is 9.79 Å². The molecule has 80 valence electrons. The zero-order valence-corrected chi connectivity index (χ0v) is 8.77. The van der Waals surface area contributed by atoms with Crippen LogP contribution in [0.1, 0.15) is 0 Å². The maximum Gasteiger partial charge on any atom is 0.264 e. The van der Waals surface area contributed by atoms with Crippen LogP contribution in [0.5, 0.6) is 0 Å². The summed E-state index contributed by atoms with van der Waals surface area (Å²) in [5, 5.41) is 0. The van der Waals surface area contributed by atoms with Crippen LogP contribution >= 0.6 is 0 Å². The number of azide groups is 1. The molecule has 7 nitrogen and oxygen atoms in total. The van der Waals surface area contributed by atoms with Crippen molar-refractivity contribution in [2.75, 3.05) is 0 Å². The van der Waals surface area contributed by atoms with Gasteiger partial charge in [0, 0.05) is 9.43 Å². The van der Waals surface area contributed by atoms with E-state index < -0.39 is 21.1 Å². The lowest BCUT2D eigenvalue weighted by Crippen LogP contribution is -1.96. The van der Waals surface area contributed by atoms with Gasteiger partial charge in [-0.2, -0.15) is 0 Å². The van der Waals surface area contributed by atoms with E-state index in [-0.39, 0.29) is 9.79 Å². The van der Waals surface area contributed by atoms with Crippen molar-refractivity contribution in [3.8, 4) is 0 Å². The van der Waals surface area contributed by atoms with Crippen molar-refractivity contribution in [1.29, 1.82) is 0 Å². The number of hydrogen-bond donors (Lipinski definition) is 1. The minimum absolute atomic E-state index is 0.0647. The minimum atomic E-state index is -4.03. The smallest absolute Gasteiger partial charge is 0.264 e. The summed E-state index contributed by atoms with van der Waals surface area (Å²) < 4.78 is 44.2. The van der Waals surface area contributed by atoms with Gasteiger partial charge < -0.3 is 4.55 Å². The van der Waals surface area contributed by atoms with Crippen molar-refractivity contribution in [3.05, 3.63) is 34.7 Å². The van der Waals surface area contributed by atoms with Crippen LogP contribution in [0.2, 0.25) is 0 Å². The summed E-state index contributed by atoms with van der Waals surface area (Å²) in [6.07, 6.45) is 0. The van der Waals surface area contributed by atoms with Crippen LogP contribution in [0, 0.1) is 0 Å². The Kier molecular flexibility index (Phi) is 3.43. The molecule has 0 amide bonds. The van der Waals surface area contributed by atoms with Crippen molar-refractivity contribution in [3.63, 3.8) is 0 Å². The molecule has 0 aliphatic heterocycles. The molecule has 1 aromatic carbocycles. The first-order chi connectivity index (χ1) is 6.97. The molecule has 1 N–H and O–H groups in total. The van der Waals surface area contributed by atoms with Gasteiger partial charge in [0.25, 0.3) is 10.0 Å². The van der Waals surface area contributed by atoms with Crippen molar-refractivity contribution in [2.24, 2.45) is 4.52 Å². The van der Waals surface area contributed by atoms with E-state index in [0.717, 1.165) is 24.3 Å². The molecular formula is C6H5N3O4S2. The predicted octanol–water partition coefficient (Wildman–Crippen LogP) is 1.27. The third-order valence-electron chi connectivity index (χ3n) is 1.47. The van der Waals surface area contributed by atoms with Crippen molar-refractivity contribution in [1.82, 2.24) is 0 Å². The summed E-state index contributed by atoms with van der Waals surface area (Å²) in [6.45, 7) is 0. The average Bonchev–Trinajstić information content (AvgIpc) is 2.18. The lowest BCUT2D eigenvalue weighted by atomic mass is 10.4. The lowest BCUT2D eigenvalue weighted by Gasteiger charge is -1.97. The van der Waals surface area contributed by atoms with Gasteiger partial charge in [-0.25, -0.2) is 12.6 Å². The first-order valence-corrected chi connectivity index (χ1v) is 6.04. The molecule has 1 atom stereocenters. The van der Waals surface area contributed by atoms with Crippen molar-refractivity contribution >= 4 is 21.1 Å². The standard InChI is InChI=1S/C6H5N3O4S2/c7-8-9-15(12,13)6-3-1-5(2-4-6)14(10)11/h1-4H,(H,10,11). The molecule has 0 heterocycles. The third kappa shape index (κ3) is 2.77. The van der Waals surface area contributed by atoms with Crippen molar-refractivity contribution < 1.29 is 17.2 Å². The zero-order valence-electron chi connectivity index (χ0n) is 7.14. The first kappa shape index (κ1) is 11.7. The number of benzene rings is 1. The molecule has 0 saturated heterocycles. The lowest BCUT2D eigenvalue weighted by molar-refractivity contribution is 0.564. The highest BCUT2D eigenvalue weighted by atomic mass is 32.2. The van der Waals surface area contributed by atoms with E-state index in [1.54, 1.807) is 0 Å². The largest absolute Gasteiger partial charge is 0.302 e. The number of hydrogen-bond acceptors (Lipinski definition) is 3. The van der Waals surface area contributed by atoms with Gasteiger partial charge in [0.05, 0.1) is 9.79 Å². The second kappa shape index (κ2) is 4.41. The molecule has 1 aromatic rings. The van der Waals surface area contributed by atoms with Gasteiger partial charge in [-0.15, -0.1) is 0 Å². The molecule has 15 heavy (non-hydrogen) atoms. The maximum atomic E-state index is 11.2. The van der Waals surface area contributed by atoms with E-state index in [1.165, 1.54) is 0 Å². The highest BCUT2D eigenvalue weighted by molar-refractivity contribution is 7.90. The molecule has 0 fully saturated rings. The minimum Gasteiger partial charge on any atom is -0.302 e. The van der Waals surface area contributed by atoms with Crippen LogP contribution in [0.15, 0.2) is 38.6 Å². The van der Waals surface area contributed by atoms with Gasteiger partial charge in [-0.05, 0) is 29.8 Å². The highest BCUT2D eigenvalue weighted by Gasteiger charge is 2.11. The van der Waals surface area contributed by atoms with E-state index in [2.05, 4.69) is 9.43 Å². The molecular weight excluding hydrogens is 242 g/mol. The van der Waals surface area contributed by atoms with E-state index in [4.69, 9.17) is 10.1 Å². The van der Waals surface area contributed by atoms with E-state index in [9.17, 15) is 12.6 Å². The molecule has 0 aliphatic carbocycles. The zero-order chi connectivity index (χ0) is 11.5. The van der Waals surface area contributed by atoms with Crippen LogP contribution in [0.3, 0.4) is 0 Å². The predicted molar refractivity (Wildman–Crippen MR) is 51.8 cm³/mol. The van der Waals surface area contributed by atoms with E-state index in [0.29, 0.717) is 0 Å². The second-order valence-electron chi connectivity index (χ2n) is 2.37. The normalized spacial score (nSPS) is 12.9. The van der Waals surface area contributed by atoms with E-state index >= 15 is 0 Å². The Balaban J connectivity index is 3.21. The molecule has 1 rings (SSSR count). The second-order valence-corrected chi connectivity index (χ2v) is 4.92. The Hall–Kier alpha value is -1.41. The summed E-state index contributed by atoms with van der Waals surface area (Å²) in [5.41, 5.74) is 8.00. The van der Waals surface area contributed by atoms with Crippen LogP contribution in [0.25, 0.3) is 10.4 Å². The molecule has 0 aromatic heterocycles. The van der Waals surface area contributed by atoms with Crippen LogP contribution < -0.4 is 0 Å². The van der Waals surface area contributed by atoms with Gasteiger partial charge in [0.1, 0.15) is 0 Å². The summed E-state index contributed by atoms with van der Waals surface area (Å²) >= 11 is -2.17. The number of nitrogens with zero attached hydrogens (tertiary/aromatic N) is 3. The van der Waals surface area contributed by atoms with Gasteiger partial charge in [-0.3, -0.25) is 0 Å². The summed E-state index contributed by atoms with van der Waals surface area (Å²) in [6, 6.07) is 4.51. The Morgan fingerprint density at radius 2 is 1.87 bits per heavy atom. The maximum absolute atomic E-state index is 11.2. The van der Waals surface area contributed by atoms with Crippen LogP contribution in [-0.2, 0) is 21.1 Å². The fraction of sp³-hybridized carbons (Fsp3) is 0. The fourth-order valence-corrected chi connectivity index (χ4v) is 1.86. The monoisotopic (exact) mass is 247 g/mol. The topological polar surface area (TPSA) is 120 Å². The summed E-state index contributed by atoms with van der Waals surface area (Å²) in [7, 11) is -4.03. The Morgan fingerprint density at radius 1 is 1.33 bits per heavy atom. The SMILES string of the molecule is [N-]=[N+]=NS(=O)(=O)c1ccc(S(=O)O)cc1. The Morgan fingerprint density at radius 3 is 2.27 bits per heavy atom. The molecule has 0 bridgehead atoms. The third-order valence-corrected chi connectivity index (χ3v) is 3.30. The summed E-state index contributed by atoms with van der Waals surface area (Å²) in [5.74, 6) is 0. The van der Waals surface area contributed by atoms with Gasteiger partial charge >= 0.3 is 0 Å². The summed E-state index contributed by atoms with van der Waals surface area (Å²) in [4.78, 5) is 2.01. The number of sulfonamides is 1. The van der Waals surface area contributed by atoms with Gasteiger partial charge in [-0.1, -0.05) is 0 Å². The Bertz CT molecular complexity index is 530. The highest BCUT2D eigenvalue weighted by Crippen LogP contribution is 2.14. The quantitative estimate of drug-likeness (QED) is 0.374. The van der Waals surface area contributed by atoms with Gasteiger partial charge in [0.15, 0.2) is 11.1 Å². The first-order valence-electron chi connectivity index (χ1n) is 3.49. The molecule has 0 saturated carbocycles. The number of rotatable bonds is 3. The average molecular weight is 247 g/mol. The Labute approximate surface area is 87.7 Å². The van der Waals surface area contributed by atoms with Crippen LogP contribution in [-0.4, -0.2) is 17.2 Å². The molecule has 9 heteroatoms. The molecule has 0 spiro atoms. The van der Waals surface area contributed by atoms with Gasteiger partial charge in [0.2, 0.25) is 0 Å². The fourth-order valence-electron chi connectivity index (χ4n) is 0.823.